The second-order valence-corrected chi connectivity index (χ2v) is 11.4. The summed E-state index contributed by atoms with van der Waals surface area (Å²) in [5.41, 5.74) is 1.52. The molecule has 1 aliphatic heterocycles. The fourth-order valence-corrected chi connectivity index (χ4v) is 6.16. The molecule has 0 bridgehead atoms. The van der Waals surface area contributed by atoms with Crippen LogP contribution in [0.25, 0.3) is 11.4 Å². The van der Waals surface area contributed by atoms with E-state index in [1.54, 1.807) is 28.3 Å². The standard InChI is InChI=1S/C26H32Cl2N6O6S/c1-13-20(27)21(28)23(31-13)17(35)7-14-5-6-34(10-18(14)40-4)26-33-22(24(41-26)25(36)37)16-8-30-19(9-29-16)32-15(11-38-2)12-39-3/h8-9,14-15,18,31H,5-7,10-12H2,1-4H3,(H,30,32)(H,36,37)/t14-,18-/m0/s1. The number of hydrogen-bond donors (Lipinski definition) is 3. The summed E-state index contributed by atoms with van der Waals surface area (Å²) in [6, 6.07) is -0.126. The second kappa shape index (κ2) is 13.9. The number of aryl methyl sites for hydroxylation is 1. The zero-order valence-electron chi connectivity index (χ0n) is 23.1. The second-order valence-electron chi connectivity index (χ2n) is 9.67. The molecule has 3 aromatic rings. The van der Waals surface area contributed by atoms with Gasteiger partial charge in [0, 0.05) is 46.5 Å². The van der Waals surface area contributed by atoms with Crippen molar-refractivity contribution in [1.82, 2.24) is 19.9 Å². The van der Waals surface area contributed by atoms with Crippen LogP contribution in [0.5, 0.6) is 0 Å². The van der Waals surface area contributed by atoms with Crippen LogP contribution in [0.3, 0.4) is 0 Å². The SMILES string of the molecule is COCC(COC)Nc1cnc(-c2nc(N3CC[C@@H](CC(=O)c4[nH]c(C)c(Cl)c4Cl)[C@@H](OC)C3)sc2C(=O)O)cn1. The number of carboxylic acid groups (broad SMARTS) is 1. The van der Waals surface area contributed by atoms with Crippen LogP contribution >= 0.6 is 34.5 Å². The van der Waals surface area contributed by atoms with Gasteiger partial charge in [-0.25, -0.2) is 19.7 Å². The number of aromatic nitrogens is 4. The van der Waals surface area contributed by atoms with Gasteiger partial charge in [-0.15, -0.1) is 0 Å². The maximum atomic E-state index is 13.0. The first kappa shape index (κ1) is 31.1. The molecule has 0 saturated carbocycles. The molecule has 0 unspecified atom stereocenters. The summed E-state index contributed by atoms with van der Waals surface area (Å²) in [6.07, 6.45) is 3.59. The molecular weight excluding hydrogens is 595 g/mol. The molecule has 41 heavy (non-hydrogen) atoms. The first-order chi connectivity index (χ1) is 19.7. The summed E-state index contributed by atoms with van der Waals surface area (Å²) >= 11 is 13.5. The molecule has 4 heterocycles. The number of ketones is 1. The van der Waals surface area contributed by atoms with Crippen molar-refractivity contribution in [3.05, 3.63) is 38.7 Å². The van der Waals surface area contributed by atoms with Crippen LogP contribution in [-0.4, -0.2) is 96.6 Å². The third-order valence-electron chi connectivity index (χ3n) is 6.84. The fraction of sp³-hybridized carbons (Fsp3) is 0.500. The summed E-state index contributed by atoms with van der Waals surface area (Å²) in [5, 5.41) is 14.2. The van der Waals surface area contributed by atoms with Crippen molar-refractivity contribution in [1.29, 1.82) is 0 Å². The molecule has 0 radical (unpaired) electrons. The Bertz CT molecular complexity index is 1360. The summed E-state index contributed by atoms with van der Waals surface area (Å²) in [7, 11) is 4.79. The average Bonchev–Trinajstić information content (AvgIpc) is 3.52. The zero-order chi connectivity index (χ0) is 29.7. The molecule has 0 spiro atoms. The number of anilines is 2. The molecular formula is C26H32Cl2N6O6S. The van der Waals surface area contributed by atoms with Gasteiger partial charge >= 0.3 is 5.97 Å². The number of nitrogens with zero attached hydrogens (tertiary/aromatic N) is 4. The van der Waals surface area contributed by atoms with Crippen molar-refractivity contribution in [2.75, 3.05) is 57.8 Å². The van der Waals surface area contributed by atoms with Gasteiger partial charge in [-0.3, -0.25) is 4.79 Å². The number of hydrogen-bond acceptors (Lipinski definition) is 11. The quantitative estimate of drug-likeness (QED) is 0.231. The van der Waals surface area contributed by atoms with Gasteiger partial charge in [-0.2, -0.15) is 0 Å². The lowest BCUT2D eigenvalue weighted by molar-refractivity contribution is 0.0375. The van der Waals surface area contributed by atoms with Crippen molar-refractivity contribution in [3.8, 4) is 11.4 Å². The largest absolute Gasteiger partial charge is 0.477 e. The lowest BCUT2D eigenvalue weighted by atomic mass is 9.88. The van der Waals surface area contributed by atoms with Gasteiger partial charge in [0.1, 0.15) is 27.8 Å². The third-order valence-corrected chi connectivity index (χ3v) is 8.89. The minimum absolute atomic E-state index is 0.0616. The van der Waals surface area contributed by atoms with Crippen LogP contribution in [0.1, 0.15) is 38.7 Å². The van der Waals surface area contributed by atoms with Crippen LogP contribution < -0.4 is 10.2 Å². The number of Topliss-reactive ketones (excluding diaryl/α,β-unsaturated/α-hetero) is 1. The van der Waals surface area contributed by atoms with E-state index >= 15 is 0 Å². The monoisotopic (exact) mass is 626 g/mol. The number of H-pyrrole nitrogens is 1. The molecule has 1 saturated heterocycles. The van der Waals surface area contributed by atoms with Crippen LogP contribution in [0.2, 0.25) is 10.0 Å². The molecule has 4 rings (SSSR count). The van der Waals surface area contributed by atoms with Gasteiger partial charge in [-0.1, -0.05) is 34.5 Å². The minimum Gasteiger partial charge on any atom is -0.477 e. The molecule has 0 aromatic carbocycles. The third kappa shape index (κ3) is 7.16. The van der Waals surface area contributed by atoms with Crippen molar-refractivity contribution in [3.63, 3.8) is 0 Å². The highest BCUT2D eigenvalue weighted by Gasteiger charge is 2.34. The van der Waals surface area contributed by atoms with Gasteiger partial charge in [0.15, 0.2) is 10.9 Å². The van der Waals surface area contributed by atoms with Crippen molar-refractivity contribution >= 4 is 57.2 Å². The molecule has 3 aromatic heterocycles. The molecule has 0 aliphatic carbocycles. The summed E-state index contributed by atoms with van der Waals surface area (Å²) < 4.78 is 16.1. The van der Waals surface area contributed by atoms with Crippen molar-refractivity contribution in [2.24, 2.45) is 5.92 Å². The van der Waals surface area contributed by atoms with E-state index in [1.807, 2.05) is 4.90 Å². The van der Waals surface area contributed by atoms with E-state index in [4.69, 9.17) is 37.4 Å². The van der Waals surface area contributed by atoms with Crippen molar-refractivity contribution < 1.29 is 28.9 Å². The first-order valence-electron chi connectivity index (χ1n) is 12.8. The molecule has 2 atom stereocenters. The number of thiazole rings is 1. The number of piperidine rings is 1. The van der Waals surface area contributed by atoms with E-state index in [-0.39, 0.29) is 45.9 Å². The highest BCUT2D eigenvalue weighted by molar-refractivity contribution is 7.17. The first-order valence-corrected chi connectivity index (χ1v) is 14.4. The Balaban J connectivity index is 1.48. The Morgan fingerprint density at radius 2 is 1.93 bits per heavy atom. The number of carbonyl (C=O) groups is 2. The predicted molar refractivity (Wildman–Crippen MR) is 157 cm³/mol. The number of aromatic carboxylic acids is 1. The molecule has 1 fully saturated rings. The summed E-state index contributed by atoms with van der Waals surface area (Å²) in [6.45, 7) is 3.59. The van der Waals surface area contributed by atoms with E-state index in [9.17, 15) is 14.7 Å². The van der Waals surface area contributed by atoms with E-state index in [0.717, 1.165) is 11.3 Å². The van der Waals surface area contributed by atoms with Crippen LogP contribution in [0.15, 0.2) is 12.4 Å². The minimum atomic E-state index is -1.10. The number of aromatic amines is 1. The van der Waals surface area contributed by atoms with Gasteiger partial charge in [0.2, 0.25) is 0 Å². The van der Waals surface area contributed by atoms with Gasteiger partial charge < -0.3 is 34.5 Å². The molecule has 0 amide bonds. The van der Waals surface area contributed by atoms with Crippen LogP contribution in [-0.2, 0) is 14.2 Å². The maximum Gasteiger partial charge on any atom is 0.348 e. The number of ether oxygens (including phenoxy) is 3. The number of rotatable bonds is 13. The molecule has 3 N–H and O–H groups in total. The zero-order valence-corrected chi connectivity index (χ0v) is 25.4. The predicted octanol–water partition coefficient (Wildman–Crippen LogP) is 4.43. The van der Waals surface area contributed by atoms with E-state index in [2.05, 4.69) is 25.3 Å². The van der Waals surface area contributed by atoms with Gasteiger partial charge in [0.05, 0.1) is 47.8 Å². The number of methoxy groups -OCH3 is 3. The number of carbonyl (C=O) groups excluding carboxylic acids is 1. The highest BCUT2D eigenvalue weighted by atomic mass is 35.5. The van der Waals surface area contributed by atoms with E-state index < -0.39 is 5.97 Å². The molecule has 12 nitrogen and oxygen atoms in total. The average molecular weight is 628 g/mol. The number of nitrogens with one attached hydrogen (secondary N) is 2. The normalized spacial score (nSPS) is 17.3. The maximum absolute atomic E-state index is 13.0. The Kier molecular flexibility index (Phi) is 10.6. The smallest absolute Gasteiger partial charge is 0.348 e. The van der Waals surface area contributed by atoms with Crippen molar-refractivity contribution in [2.45, 2.75) is 31.9 Å². The summed E-state index contributed by atoms with van der Waals surface area (Å²) in [5.74, 6) is -0.805. The van der Waals surface area contributed by atoms with Crippen LogP contribution in [0.4, 0.5) is 10.9 Å². The lowest BCUT2D eigenvalue weighted by Crippen LogP contribution is -2.45. The Morgan fingerprint density at radius 1 is 1.20 bits per heavy atom. The molecule has 222 valence electrons. The topological polar surface area (TPSA) is 152 Å². The van der Waals surface area contributed by atoms with E-state index in [1.165, 1.54) is 12.4 Å². The van der Waals surface area contributed by atoms with E-state index in [0.29, 0.717) is 65.8 Å². The fourth-order valence-electron chi connectivity index (χ4n) is 4.77. The Morgan fingerprint density at radius 3 is 2.49 bits per heavy atom. The summed E-state index contributed by atoms with van der Waals surface area (Å²) in [4.78, 5) is 43.5. The number of carboxylic acids is 1. The van der Waals surface area contributed by atoms with Gasteiger partial charge in [0.25, 0.3) is 0 Å². The molecule has 1 aliphatic rings. The Hall–Kier alpha value is -2.81. The highest BCUT2D eigenvalue weighted by Crippen LogP contribution is 2.36. The lowest BCUT2D eigenvalue weighted by Gasteiger charge is -2.37. The van der Waals surface area contributed by atoms with Crippen LogP contribution in [0, 0.1) is 12.8 Å². The molecule has 15 heteroatoms. The van der Waals surface area contributed by atoms with Gasteiger partial charge in [-0.05, 0) is 19.3 Å². The Labute approximate surface area is 251 Å². The number of halogens is 2.